The molecule has 0 spiro atoms. The Morgan fingerprint density at radius 1 is 1.50 bits per heavy atom. The fourth-order valence-corrected chi connectivity index (χ4v) is 4.48. The van der Waals surface area contributed by atoms with Gasteiger partial charge in [-0.2, -0.15) is 4.31 Å². The molecular formula is C11H14BrFN2O2S. The average Bonchev–Trinajstić information content (AvgIpc) is 2.28. The molecule has 1 aromatic carbocycles. The summed E-state index contributed by atoms with van der Waals surface area (Å²) in [5.74, 6) is -0.463. The second-order valence-corrected chi connectivity index (χ2v) is 7.05. The van der Waals surface area contributed by atoms with Crippen molar-refractivity contribution in [2.45, 2.75) is 17.9 Å². The van der Waals surface area contributed by atoms with E-state index in [0.717, 1.165) is 6.07 Å². The van der Waals surface area contributed by atoms with Crippen LogP contribution in [0, 0.1) is 5.82 Å². The molecule has 1 aromatic rings. The van der Waals surface area contributed by atoms with E-state index < -0.39 is 15.8 Å². The molecule has 1 N–H and O–H groups in total. The lowest BCUT2D eigenvalue weighted by molar-refractivity contribution is 0.310. The largest absolute Gasteiger partial charge is 0.312 e. The molecule has 4 nitrogen and oxygen atoms in total. The van der Waals surface area contributed by atoms with Crippen LogP contribution in [0.4, 0.5) is 4.39 Å². The molecule has 0 aliphatic carbocycles. The first-order valence-electron chi connectivity index (χ1n) is 5.60. The fourth-order valence-electron chi connectivity index (χ4n) is 1.94. The molecule has 1 fully saturated rings. The Kier molecular flexibility index (Phi) is 4.05. The molecule has 2 rings (SSSR count). The van der Waals surface area contributed by atoms with E-state index in [1.165, 1.54) is 16.4 Å². The summed E-state index contributed by atoms with van der Waals surface area (Å²) in [6, 6.07) is 3.73. The Morgan fingerprint density at radius 3 is 2.83 bits per heavy atom. The molecule has 1 aliphatic heterocycles. The van der Waals surface area contributed by atoms with Crippen LogP contribution in [0.25, 0.3) is 0 Å². The summed E-state index contributed by atoms with van der Waals surface area (Å²) in [4.78, 5) is 0.109. The molecule has 0 amide bonds. The van der Waals surface area contributed by atoms with E-state index in [4.69, 9.17) is 0 Å². The van der Waals surface area contributed by atoms with Crippen LogP contribution in [0.5, 0.6) is 0 Å². The van der Waals surface area contributed by atoms with Crippen LogP contribution in [0.15, 0.2) is 27.6 Å². The van der Waals surface area contributed by atoms with Gasteiger partial charge in [-0.05, 0) is 41.1 Å². The maximum atomic E-state index is 13.0. The van der Waals surface area contributed by atoms with Gasteiger partial charge >= 0.3 is 0 Å². The smallest absolute Gasteiger partial charge is 0.244 e. The van der Waals surface area contributed by atoms with Crippen molar-refractivity contribution in [3.05, 3.63) is 28.5 Å². The van der Waals surface area contributed by atoms with Crippen molar-refractivity contribution < 1.29 is 12.8 Å². The molecule has 1 saturated heterocycles. The molecule has 0 unspecified atom stereocenters. The molecule has 0 bridgehead atoms. The topological polar surface area (TPSA) is 49.4 Å². The lowest BCUT2D eigenvalue weighted by Gasteiger charge is -2.31. The second-order valence-electron chi connectivity index (χ2n) is 4.29. The van der Waals surface area contributed by atoms with Gasteiger partial charge in [-0.15, -0.1) is 0 Å². The van der Waals surface area contributed by atoms with Crippen molar-refractivity contribution in [1.29, 1.82) is 0 Å². The van der Waals surface area contributed by atoms with Crippen LogP contribution < -0.4 is 5.32 Å². The van der Waals surface area contributed by atoms with E-state index in [1.54, 1.807) is 0 Å². The minimum atomic E-state index is -3.56. The van der Waals surface area contributed by atoms with Gasteiger partial charge in [-0.3, -0.25) is 0 Å². The highest BCUT2D eigenvalue weighted by Gasteiger charge is 2.29. The molecule has 0 radical (unpaired) electrons. The Bertz CT molecular complexity index is 550. The van der Waals surface area contributed by atoms with Crippen LogP contribution in [0.1, 0.15) is 6.92 Å². The standard InChI is InChI=1S/C11H14BrFN2O2S/c1-8-7-15(5-4-14-8)18(16,17)11-3-2-9(13)6-10(11)12/h2-3,6,8,14H,4-5,7H2,1H3/t8-/m0/s1. The molecule has 7 heteroatoms. The predicted octanol–water partition coefficient (Wildman–Crippen LogP) is 1.57. The summed E-state index contributed by atoms with van der Waals surface area (Å²) in [6.07, 6.45) is 0. The number of hydrogen-bond donors (Lipinski definition) is 1. The zero-order valence-corrected chi connectivity index (χ0v) is 12.3. The molecule has 0 aromatic heterocycles. The number of piperazine rings is 1. The maximum absolute atomic E-state index is 13.0. The first-order chi connectivity index (χ1) is 8.41. The highest BCUT2D eigenvalue weighted by Crippen LogP contribution is 2.26. The normalized spacial score (nSPS) is 22.1. The highest BCUT2D eigenvalue weighted by molar-refractivity contribution is 9.10. The minimum absolute atomic E-state index is 0.109. The van der Waals surface area contributed by atoms with Crippen LogP contribution in [-0.4, -0.2) is 38.4 Å². The highest BCUT2D eigenvalue weighted by atomic mass is 79.9. The van der Waals surface area contributed by atoms with Crippen LogP contribution in [0.2, 0.25) is 0 Å². The van der Waals surface area contributed by atoms with Gasteiger partial charge in [0.1, 0.15) is 5.82 Å². The number of rotatable bonds is 2. The van der Waals surface area contributed by atoms with E-state index in [2.05, 4.69) is 21.2 Å². The van der Waals surface area contributed by atoms with Gasteiger partial charge in [0.2, 0.25) is 10.0 Å². The van der Waals surface area contributed by atoms with E-state index in [-0.39, 0.29) is 15.4 Å². The van der Waals surface area contributed by atoms with Crippen LogP contribution >= 0.6 is 15.9 Å². The first-order valence-corrected chi connectivity index (χ1v) is 7.83. The summed E-state index contributed by atoms with van der Waals surface area (Å²) in [6.45, 7) is 3.41. The van der Waals surface area contributed by atoms with E-state index >= 15 is 0 Å². The van der Waals surface area contributed by atoms with Crippen LogP contribution in [-0.2, 0) is 10.0 Å². The number of benzene rings is 1. The zero-order valence-electron chi connectivity index (χ0n) is 9.86. The van der Waals surface area contributed by atoms with Crippen molar-refractivity contribution in [2.24, 2.45) is 0 Å². The Balaban J connectivity index is 2.35. The maximum Gasteiger partial charge on any atom is 0.244 e. The van der Waals surface area contributed by atoms with Gasteiger partial charge < -0.3 is 5.32 Å². The molecule has 1 heterocycles. The lowest BCUT2D eigenvalue weighted by atomic mass is 10.3. The number of nitrogens with one attached hydrogen (secondary N) is 1. The Hall–Kier alpha value is -0.500. The number of hydrogen-bond acceptors (Lipinski definition) is 3. The summed E-state index contributed by atoms with van der Waals surface area (Å²) in [5.41, 5.74) is 0. The quantitative estimate of drug-likeness (QED) is 0.891. The zero-order chi connectivity index (χ0) is 13.3. The monoisotopic (exact) mass is 336 g/mol. The first kappa shape index (κ1) is 13.9. The third-order valence-electron chi connectivity index (χ3n) is 2.84. The van der Waals surface area contributed by atoms with Crippen molar-refractivity contribution in [2.75, 3.05) is 19.6 Å². The van der Waals surface area contributed by atoms with Crippen molar-refractivity contribution in [1.82, 2.24) is 9.62 Å². The van der Waals surface area contributed by atoms with Gasteiger partial charge in [-0.25, -0.2) is 12.8 Å². The van der Waals surface area contributed by atoms with Crippen molar-refractivity contribution in [3.63, 3.8) is 0 Å². The Morgan fingerprint density at radius 2 is 2.22 bits per heavy atom. The third-order valence-corrected chi connectivity index (χ3v) is 5.69. The van der Waals surface area contributed by atoms with Gasteiger partial charge in [0.05, 0.1) is 4.90 Å². The summed E-state index contributed by atoms with van der Waals surface area (Å²) < 4.78 is 39.5. The number of halogens is 2. The molecule has 1 atom stereocenters. The fraction of sp³-hybridized carbons (Fsp3) is 0.455. The molecule has 100 valence electrons. The summed E-state index contributed by atoms with van der Waals surface area (Å²) >= 11 is 3.10. The third kappa shape index (κ3) is 2.74. The van der Waals surface area contributed by atoms with E-state index in [9.17, 15) is 12.8 Å². The molecule has 18 heavy (non-hydrogen) atoms. The van der Waals surface area contributed by atoms with Gasteiger partial charge in [0.15, 0.2) is 0 Å². The van der Waals surface area contributed by atoms with E-state index in [1.807, 2.05) is 6.92 Å². The van der Waals surface area contributed by atoms with Crippen molar-refractivity contribution >= 4 is 26.0 Å². The second kappa shape index (κ2) is 5.24. The summed E-state index contributed by atoms with van der Waals surface area (Å²) in [5, 5.41) is 3.18. The number of nitrogens with zero attached hydrogens (tertiary/aromatic N) is 1. The summed E-state index contributed by atoms with van der Waals surface area (Å²) in [7, 11) is -3.56. The van der Waals surface area contributed by atoms with E-state index in [0.29, 0.717) is 19.6 Å². The predicted molar refractivity (Wildman–Crippen MR) is 70.3 cm³/mol. The molecule has 1 aliphatic rings. The van der Waals surface area contributed by atoms with Gasteiger partial charge in [0, 0.05) is 30.1 Å². The Labute approximate surface area is 114 Å². The number of sulfonamides is 1. The lowest BCUT2D eigenvalue weighted by Crippen LogP contribution is -2.51. The molecular weight excluding hydrogens is 323 g/mol. The van der Waals surface area contributed by atoms with Gasteiger partial charge in [-0.1, -0.05) is 0 Å². The minimum Gasteiger partial charge on any atom is -0.312 e. The van der Waals surface area contributed by atoms with Crippen LogP contribution in [0.3, 0.4) is 0 Å². The van der Waals surface area contributed by atoms with Crippen molar-refractivity contribution in [3.8, 4) is 0 Å². The molecule has 0 saturated carbocycles. The average molecular weight is 337 g/mol. The SMILES string of the molecule is C[C@H]1CN(S(=O)(=O)c2ccc(F)cc2Br)CCN1. The van der Waals surface area contributed by atoms with Gasteiger partial charge in [0.25, 0.3) is 0 Å².